The van der Waals surface area contributed by atoms with Crippen LogP contribution in [0.3, 0.4) is 0 Å². The Balaban J connectivity index is 0.000000671. The van der Waals surface area contributed by atoms with E-state index in [4.69, 9.17) is 0 Å². The zero-order valence-electron chi connectivity index (χ0n) is 9.47. The van der Waals surface area contributed by atoms with Gasteiger partial charge in [0.15, 0.2) is 0 Å². The van der Waals surface area contributed by atoms with Gasteiger partial charge in [-0.25, -0.2) is 0 Å². The number of rotatable bonds is 2. The van der Waals surface area contributed by atoms with Gasteiger partial charge in [-0.05, 0) is 12.3 Å². The molecule has 1 aliphatic rings. The molecule has 1 amide bonds. The lowest BCUT2D eigenvalue weighted by atomic mass is 10.1. The molecule has 1 unspecified atom stereocenters. The third-order valence-electron chi connectivity index (χ3n) is 2.52. The minimum Gasteiger partial charge on any atom is -0.342 e. The molecule has 1 atom stereocenters. The fourth-order valence-corrected chi connectivity index (χ4v) is 1.62. The summed E-state index contributed by atoms with van der Waals surface area (Å²) < 4.78 is 0. The first-order chi connectivity index (χ1) is 6.27. The molecule has 2 nitrogen and oxygen atoms in total. The maximum Gasteiger partial charge on any atom is 0.222 e. The Labute approximate surface area is 82.3 Å². The zero-order valence-corrected chi connectivity index (χ0v) is 9.47. The molecule has 1 aliphatic heterocycles. The van der Waals surface area contributed by atoms with Crippen molar-refractivity contribution in [1.29, 1.82) is 0 Å². The molecule has 0 aliphatic carbocycles. The number of nitrogens with zero attached hydrogens (tertiary/aromatic N) is 1. The lowest BCUT2D eigenvalue weighted by Gasteiger charge is -2.14. The number of amides is 1. The Morgan fingerprint density at radius 1 is 1.38 bits per heavy atom. The van der Waals surface area contributed by atoms with Gasteiger partial charge in [-0.2, -0.15) is 0 Å². The van der Waals surface area contributed by atoms with E-state index in [0.29, 0.717) is 12.3 Å². The van der Waals surface area contributed by atoms with Crippen LogP contribution in [-0.2, 0) is 4.79 Å². The minimum atomic E-state index is 0.320. The van der Waals surface area contributed by atoms with Gasteiger partial charge in [0.2, 0.25) is 5.91 Å². The van der Waals surface area contributed by atoms with Gasteiger partial charge in [-0.15, -0.1) is 0 Å². The quantitative estimate of drug-likeness (QED) is 0.647. The van der Waals surface area contributed by atoms with Gasteiger partial charge in [0, 0.05) is 19.5 Å². The van der Waals surface area contributed by atoms with Crippen molar-refractivity contribution in [3.63, 3.8) is 0 Å². The van der Waals surface area contributed by atoms with Gasteiger partial charge in [-0.3, -0.25) is 4.79 Å². The highest BCUT2D eigenvalue weighted by molar-refractivity contribution is 5.76. The summed E-state index contributed by atoms with van der Waals surface area (Å²) in [6.07, 6.45) is 3.09. The normalized spacial score (nSPS) is 20.9. The third-order valence-corrected chi connectivity index (χ3v) is 2.52. The molecule has 0 saturated carbocycles. The van der Waals surface area contributed by atoms with Gasteiger partial charge in [0.25, 0.3) is 0 Å². The van der Waals surface area contributed by atoms with E-state index in [-0.39, 0.29) is 0 Å². The Kier molecular flexibility index (Phi) is 6.65. The summed E-state index contributed by atoms with van der Waals surface area (Å²) >= 11 is 0. The highest BCUT2D eigenvalue weighted by atomic mass is 16.2. The Hall–Kier alpha value is -0.530. The molecule has 0 aromatic heterocycles. The summed E-state index contributed by atoms with van der Waals surface area (Å²) in [5, 5.41) is 0. The average Bonchev–Trinajstić information content (AvgIpc) is 2.68. The van der Waals surface area contributed by atoms with Gasteiger partial charge >= 0.3 is 0 Å². The monoisotopic (exact) mass is 185 g/mol. The summed E-state index contributed by atoms with van der Waals surface area (Å²) in [6, 6.07) is 0. The van der Waals surface area contributed by atoms with Gasteiger partial charge in [-0.1, -0.05) is 34.1 Å². The molecule has 1 heterocycles. The first kappa shape index (κ1) is 12.5. The average molecular weight is 185 g/mol. The summed E-state index contributed by atoms with van der Waals surface area (Å²) in [6.45, 7) is 10.1. The molecule has 0 N–H and O–H groups in total. The first-order valence-corrected chi connectivity index (χ1v) is 5.55. The number of hydrogen-bond donors (Lipinski definition) is 0. The largest absolute Gasteiger partial charge is 0.342 e. The van der Waals surface area contributed by atoms with E-state index in [0.717, 1.165) is 19.0 Å². The van der Waals surface area contributed by atoms with Crippen molar-refractivity contribution in [2.24, 2.45) is 5.92 Å². The summed E-state index contributed by atoms with van der Waals surface area (Å²) in [4.78, 5) is 13.2. The van der Waals surface area contributed by atoms with Crippen LogP contribution in [0.5, 0.6) is 0 Å². The zero-order chi connectivity index (χ0) is 10.3. The van der Waals surface area contributed by atoms with Crippen molar-refractivity contribution in [2.75, 3.05) is 13.1 Å². The van der Waals surface area contributed by atoms with E-state index < -0.39 is 0 Å². The maximum atomic E-state index is 11.2. The van der Waals surface area contributed by atoms with Crippen molar-refractivity contribution >= 4 is 5.91 Å². The molecule has 1 rings (SSSR count). The van der Waals surface area contributed by atoms with Crippen molar-refractivity contribution in [3.8, 4) is 0 Å². The topological polar surface area (TPSA) is 20.3 Å². The van der Waals surface area contributed by atoms with Gasteiger partial charge < -0.3 is 4.90 Å². The Morgan fingerprint density at radius 3 is 2.38 bits per heavy atom. The summed E-state index contributed by atoms with van der Waals surface area (Å²) in [7, 11) is 0. The highest BCUT2D eigenvalue weighted by Gasteiger charge is 2.23. The van der Waals surface area contributed by atoms with Crippen LogP contribution in [-0.4, -0.2) is 23.9 Å². The van der Waals surface area contributed by atoms with E-state index >= 15 is 0 Å². The number of carbonyl (C=O) groups is 1. The van der Waals surface area contributed by atoms with Crippen LogP contribution < -0.4 is 0 Å². The standard InChI is InChI=1S/C9H17NO.C2H6/c1-3-8-5-6-10(7-8)9(11)4-2;1-2/h8H,3-7H2,1-2H3;1-2H3. The molecule has 0 bridgehead atoms. The number of hydrogen-bond acceptors (Lipinski definition) is 1. The van der Waals surface area contributed by atoms with Crippen molar-refractivity contribution in [2.45, 2.75) is 47.0 Å². The molecule has 0 spiro atoms. The maximum absolute atomic E-state index is 11.2. The highest BCUT2D eigenvalue weighted by Crippen LogP contribution is 2.19. The molecule has 13 heavy (non-hydrogen) atoms. The molecule has 0 radical (unpaired) electrons. The van der Waals surface area contributed by atoms with Crippen LogP contribution in [0.15, 0.2) is 0 Å². The lowest BCUT2D eigenvalue weighted by Crippen LogP contribution is -2.27. The van der Waals surface area contributed by atoms with Crippen molar-refractivity contribution in [3.05, 3.63) is 0 Å². The summed E-state index contributed by atoms with van der Waals surface area (Å²) in [5.74, 6) is 1.09. The van der Waals surface area contributed by atoms with Crippen LogP contribution >= 0.6 is 0 Å². The number of carbonyl (C=O) groups excluding carboxylic acids is 1. The molecule has 2 heteroatoms. The van der Waals surface area contributed by atoms with Crippen LogP contribution in [0.2, 0.25) is 0 Å². The van der Waals surface area contributed by atoms with Crippen LogP contribution in [0.4, 0.5) is 0 Å². The van der Waals surface area contributed by atoms with Crippen molar-refractivity contribution in [1.82, 2.24) is 4.90 Å². The second kappa shape index (κ2) is 6.93. The minimum absolute atomic E-state index is 0.320. The predicted molar refractivity (Wildman–Crippen MR) is 56.6 cm³/mol. The van der Waals surface area contributed by atoms with E-state index in [1.54, 1.807) is 0 Å². The Morgan fingerprint density at radius 2 is 2.00 bits per heavy atom. The third kappa shape index (κ3) is 3.79. The molecular weight excluding hydrogens is 162 g/mol. The van der Waals surface area contributed by atoms with E-state index in [1.807, 2.05) is 25.7 Å². The second-order valence-electron chi connectivity index (χ2n) is 3.26. The molecule has 0 aromatic rings. The molecular formula is C11H23NO. The molecule has 1 fully saturated rings. The SMILES string of the molecule is CC.CCC(=O)N1CCC(CC)C1. The van der Waals surface area contributed by atoms with E-state index in [2.05, 4.69) is 6.92 Å². The Bertz CT molecular complexity index is 145. The van der Waals surface area contributed by atoms with Crippen LogP contribution in [0.1, 0.15) is 47.0 Å². The van der Waals surface area contributed by atoms with Gasteiger partial charge in [0.1, 0.15) is 0 Å². The van der Waals surface area contributed by atoms with Crippen LogP contribution in [0, 0.1) is 5.92 Å². The molecule has 78 valence electrons. The fraction of sp³-hybridized carbons (Fsp3) is 0.909. The van der Waals surface area contributed by atoms with Gasteiger partial charge in [0.05, 0.1) is 0 Å². The summed E-state index contributed by atoms with van der Waals surface area (Å²) in [5.41, 5.74) is 0. The smallest absolute Gasteiger partial charge is 0.222 e. The van der Waals surface area contributed by atoms with E-state index in [1.165, 1.54) is 12.8 Å². The fourth-order valence-electron chi connectivity index (χ4n) is 1.62. The van der Waals surface area contributed by atoms with Crippen molar-refractivity contribution < 1.29 is 4.79 Å². The number of likely N-dealkylation sites (tertiary alicyclic amines) is 1. The van der Waals surface area contributed by atoms with E-state index in [9.17, 15) is 4.79 Å². The molecule has 0 aromatic carbocycles. The second-order valence-corrected chi connectivity index (χ2v) is 3.26. The lowest BCUT2D eigenvalue weighted by molar-refractivity contribution is -0.129. The first-order valence-electron chi connectivity index (χ1n) is 5.55. The van der Waals surface area contributed by atoms with Crippen LogP contribution in [0.25, 0.3) is 0 Å². The predicted octanol–water partition coefficient (Wildman–Crippen LogP) is 2.68. The molecule has 1 saturated heterocycles.